The molecule has 2 amide bonds. The Morgan fingerprint density at radius 1 is 1.11 bits per heavy atom. The third kappa shape index (κ3) is 5.59. The number of rotatable bonds is 8. The summed E-state index contributed by atoms with van der Waals surface area (Å²) in [6, 6.07) is 15.2. The van der Waals surface area contributed by atoms with Gasteiger partial charge in [0.15, 0.2) is 17.3 Å². The van der Waals surface area contributed by atoms with Crippen LogP contribution < -0.4 is 9.47 Å². The summed E-state index contributed by atoms with van der Waals surface area (Å²) in [5.74, 6) is 0.549. The van der Waals surface area contributed by atoms with E-state index in [1.807, 2.05) is 42.2 Å². The Labute approximate surface area is 219 Å². The lowest BCUT2D eigenvalue weighted by Crippen LogP contribution is -2.35. The Kier molecular flexibility index (Phi) is 7.36. The normalized spacial score (nSPS) is 18.1. The molecule has 0 unspecified atom stereocenters. The molecule has 1 saturated heterocycles. The maximum absolute atomic E-state index is 12.8. The van der Waals surface area contributed by atoms with Crippen molar-refractivity contribution in [2.45, 2.75) is 32.8 Å². The predicted molar refractivity (Wildman–Crippen MR) is 144 cm³/mol. The Bertz CT molecular complexity index is 1320. The molecule has 2 aromatic rings. The molecule has 3 heterocycles. The van der Waals surface area contributed by atoms with Crippen molar-refractivity contribution in [2.75, 3.05) is 19.7 Å². The Morgan fingerprint density at radius 3 is 2.65 bits per heavy atom. The second-order valence-electron chi connectivity index (χ2n) is 8.69. The van der Waals surface area contributed by atoms with E-state index in [4.69, 9.17) is 14.9 Å². The first-order valence-electron chi connectivity index (χ1n) is 12.2. The van der Waals surface area contributed by atoms with Gasteiger partial charge in [0.1, 0.15) is 11.7 Å². The van der Waals surface area contributed by atoms with Crippen molar-refractivity contribution in [3.8, 4) is 11.5 Å². The highest BCUT2D eigenvalue weighted by atomic mass is 32.2. The van der Waals surface area contributed by atoms with Crippen LogP contribution in [0, 0.1) is 5.41 Å². The number of thioether (sulfide) groups is 1. The van der Waals surface area contributed by atoms with Crippen LogP contribution in [0.2, 0.25) is 0 Å². The molecular formula is C27H27N5O4S. The Hall–Kier alpha value is -3.92. The number of likely N-dealkylation sites (tertiary alicyclic amines) is 1. The molecule has 2 aromatic carbocycles. The summed E-state index contributed by atoms with van der Waals surface area (Å²) in [7, 11) is 0. The number of nitrogens with zero attached hydrogens (tertiary/aromatic N) is 4. The smallest absolute Gasteiger partial charge is 0.283 e. The molecule has 0 aromatic heterocycles. The van der Waals surface area contributed by atoms with Crippen molar-refractivity contribution in [2.24, 2.45) is 10.1 Å². The van der Waals surface area contributed by atoms with Gasteiger partial charge >= 0.3 is 0 Å². The topological polar surface area (TPSA) is 108 Å². The third-order valence-corrected chi connectivity index (χ3v) is 6.98. The van der Waals surface area contributed by atoms with E-state index in [0.717, 1.165) is 31.5 Å². The number of fused-ring (bicyclic) bond motifs is 1. The van der Waals surface area contributed by atoms with E-state index in [2.05, 4.69) is 10.1 Å². The molecule has 0 spiro atoms. The zero-order valence-electron chi connectivity index (χ0n) is 20.5. The van der Waals surface area contributed by atoms with Gasteiger partial charge in [0, 0.05) is 13.1 Å². The number of benzene rings is 2. The number of carbonyl (C=O) groups is 2. The van der Waals surface area contributed by atoms with Crippen LogP contribution in [0.5, 0.6) is 11.5 Å². The molecule has 3 aliphatic rings. The van der Waals surface area contributed by atoms with Gasteiger partial charge in [0.25, 0.3) is 5.91 Å². The van der Waals surface area contributed by atoms with Gasteiger partial charge in [-0.05, 0) is 60.9 Å². The molecular weight excluding hydrogens is 490 g/mol. The van der Waals surface area contributed by atoms with Crippen molar-refractivity contribution in [3.63, 3.8) is 0 Å². The second-order valence-corrected chi connectivity index (χ2v) is 9.73. The lowest BCUT2D eigenvalue weighted by molar-refractivity contribution is -0.128. The number of hydrogen-bond donors (Lipinski definition) is 1. The number of amides is 2. The van der Waals surface area contributed by atoms with Crippen LogP contribution in [-0.2, 0) is 16.2 Å². The highest BCUT2D eigenvalue weighted by molar-refractivity contribution is 8.27. The maximum atomic E-state index is 12.8. The van der Waals surface area contributed by atoms with Crippen LogP contribution in [0.15, 0.2) is 64.2 Å². The first kappa shape index (κ1) is 24.8. The number of hydrazone groups is 1. The van der Waals surface area contributed by atoms with Gasteiger partial charge in [0.2, 0.25) is 11.1 Å². The van der Waals surface area contributed by atoms with E-state index in [9.17, 15) is 9.59 Å². The number of ether oxygens (including phenoxy) is 2. The SMILES string of the molecule is CCOc1cc(/C=C2/C(=N)N3N=C(CC(=O)N4CCCC4)SC3=NC2=O)ccc1OCc1ccccc1. The largest absolute Gasteiger partial charge is 0.490 e. The lowest BCUT2D eigenvalue weighted by Gasteiger charge is -2.20. The number of nitrogens with one attached hydrogen (secondary N) is 1. The molecule has 190 valence electrons. The van der Waals surface area contributed by atoms with Gasteiger partial charge in [-0.25, -0.2) is 0 Å². The highest BCUT2D eigenvalue weighted by Crippen LogP contribution is 2.33. The van der Waals surface area contributed by atoms with E-state index in [-0.39, 0.29) is 23.7 Å². The maximum Gasteiger partial charge on any atom is 0.283 e. The summed E-state index contributed by atoms with van der Waals surface area (Å²) in [6.07, 6.45) is 3.77. The molecule has 0 saturated carbocycles. The third-order valence-electron chi connectivity index (χ3n) is 6.07. The number of carbonyl (C=O) groups excluding carboxylic acids is 2. The fourth-order valence-electron chi connectivity index (χ4n) is 4.21. The van der Waals surface area contributed by atoms with Crippen LogP contribution in [0.25, 0.3) is 6.08 Å². The average Bonchev–Trinajstić information content (AvgIpc) is 3.57. The van der Waals surface area contributed by atoms with E-state index in [1.54, 1.807) is 24.3 Å². The van der Waals surface area contributed by atoms with Gasteiger partial charge < -0.3 is 14.4 Å². The molecule has 10 heteroatoms. The van der Waals surface area contributed by atoms with Crippen LogP contribution in [-0.4, -0.2) is 57.5 Å². The Balaban J connectivity index is 1.33. The van der Waals surface area contributed by atoms with Crippen molar-refractivity contribution < 1.29 is 19.1 Å². The molecule has 1 fully saturated rings. The number of aliphatic imine (C=N–C) groups is 1. The predicted octanol–water partition coefficient (Wildman–Crippen LogP) is 4.30. The number of hydrogen-bond acceptors (Lipinski definition) is 7. The second kappa shape index (κ2) is 11.0. The molecule has 1 N–H and O–H groups in total. The number of amidine groups is 2. The van der Waals surface area contributed by atoms with E-state index in [0.29, 0.717) is 40.5 Å². The van der Waals surface area contributed by atoms with Crippen LogP contribution >= 0.6 is 11.8 Å². The summed E-state index contributed by atoms with van der Waals surface area (Å²) in [4.78, 5) is 31.3. The summed E-state index contributed by atoms with van der Waals surface area (Å²) < 4.78 is 11.7. The van der Waals surface area contributed by atoms with Gasteiger partial charge in [-0.2, -0.15) is 15.1 Å². The van der Waals surface area contributed by atoms with Crippen molar-refractivity contribution in [1.29, 1.82) is 5.41 Å². The van der Waals surface area contributed by atoms with Crippen LogP contribution in [0.4, 0.5) is 0 Å². The van der Waals surface area contributed by atoms with Gasteiger partial charge in [-0.3, -0.25) is 15.0 Å². The zero-order valence-corrected chi connectivity index (χ0v) is 21.3. The molecule has 37 heavy (non-hydrogen) atoms. The first-order chi connectivity index (χ1) is 18.0. The molecule has 9 nitrogen and oxygen atoms in total. The van der Waals surface area contributed by atoms with Gasteiger partial charge in [-0.1, -0.05) is 36.4 Å². The quantitative estimate of drug-likeness (QED) is 0.524. The monoisotopic (exact) mass is 517 g/mol. The lowest BCUT2D eigenvalue weighted by atomic mass is 10.1. The molecule has 0 aliphatic carbocycles. The standard InChI is InChI=1S/C27H27N5O4S/c1-2-35-22-15-19(10-11-21(22)36-17-18-8-4-3-5-9-18)14-20-25(28)32-27(29-26(20)34)37-23(30-32)16-24(33)31-12-6-7-13-31/h3-5,8-11,14-15,28H,2,6-7,12-13,16-17H2,1H3/b20-14-,28-25?. The first-order valence-corrected chi connectivity index (χ1v) is 13.0. The van der Waals surface area contributed by atoms with Crippen molar-refractivity contribution in [3.05, 3.63) is 65.2 Å². The van der Waals surface area contributed by atoms with Crippen LogP contribution in [0.3, 0.4) is 0 Å². The summed E-state index contributed by atoms with van der Waals surface area (Å²) in [5, 5.41) is 15.2. The minimum absolute atomic E-state index is 0.0100. The van der Waals surface area contributed by atoms with Gasteiger partial charge in [-0.15, -0.1) is 0 Å². The average molecular weight is 518 g/mol. The van der Waals surface area contributed by atoms with Gasteiger partial charge in [0.05, 0.1) is 18.6 Å². The molecule has 5 rings (SSSR count). The van der Waals surface area contributed by atoms with Crippen molar-refractivity contribution in [1.82, 2.24) is 9.91 Å². The van der Waals surface area contributed by atoms with E-state index >= 15 is 0 Å². The van der Waals surface area contributed by atoms with E-state index in [1.165, 1.54) is 16.8 Å². The molecule has 3 aliphatic heterocycles. The summed E-state index contributed by atoms with van der Waals surface area (Å²) >= 11 is 1.17. The summed E-state index contributed by atoms with van der Waals surface area (Å²) in [5.41, 5.74) is 1.82. The fourth-order valence-corrected chi connectivity index (χ4v) is 5.09. The molecule has 0 atom stereocenters. The van der Waals surface area contributed by atoms with Crippen LogP contribution in [0.1, 0.15) is 37.3 Å². The molecule has 0 radical (unpaired) electrons. The van der Waals surface area contributed by atoms with E-state index < -0.39 is 5.91 Å². The molecule has 0 bridgehead atoms. The zero-order chi connectivity index (χ0) is 25.8. The summed E-state index contributed by atoms with van der Waals surface area (Å²) in [6.45, 7) is 4.26. The highest BCUT2D eigenvalue weighted by Gasteiger charge is 2.36. The van der Waals surface area contributed by atoms with Crippen molar-refractivity contribution >= 4 is 45.7 Å². The minimum atomic E-state index is -0.520. The minimum Gasteiger partial charge on any atom is -0.490 e. The Morgan fingerprint density at radius 2 is 1.89 bits per heavy atom. The fraction of sp³-hybridized carbons (Fsp3) is 0.296.